The van der Waals surface area contributed by atoms with Crippen molar-refractivity contribution in [3.05, 3.63) is 35.9 Å². The van der Waals surface area contributed by atoms with Gasteiger partial charge in [-0.3, -0.25) is 0 Å². The lowest BCUT2D eigenvalue weighted by Gasteiger charge is -2.06. The molecular formula is C16H17N3O2. The van der Waals surface area contributed by atoms with Crippen LogP contribution in [0.1, 0.15) is 5.56 Å². The Balaban J connectivity index is 2.19. The number of nitrogens with one attached hydrogen (secondary N) is 1. The lowest BCUT2D eigenvalue weighted by atomic mass is 10.1. The number of nitrogens with two attached hydrogens (primary N) is 1. The minimum atomic E-state index is 0.660. The molecule has 0 saturated heterocycles. The summed E-state index contributed by atoms with van der Waals surface area (Å²) in [7, 11) is 3.22. The first-order valence-electron chi connectivity index (χ1n) is 6.60. The molecule has 0 spiro atoms. The first-order chi connectivity index (χ1) is 10.1. The predicted octanol–water partition coefficient (Wildman–Crippen LogP) is 3.14. The second-order valence-corrected chi connectivity index (χ2v) is 4.88. The molecule has 1 aromatic heterocycles. The average molecular weight is 283 g/mol. The number of benzene rings is 2. The molecule has 1 heterocycles. The van der Waals surface area contributed by atoms with Crippen molar-refractivity contribution in [3.8, 4) is 22.9 Å². The summed E-state index contributed by atoms with van der Waals surface area (Å²) in [6.07, 6.45) is 0. The van der Waals surface area contributed by atoms with Gasteiger partial charge >= 0.3 is 0 Å². The van der Waals surface area contributed by atoms with E-state index in [4.69, 9.17) is 15.2 Å². The van der Waals surface area contributed by atoms with E-state index in [1.54, 1.807) is 14.2 Å². The van der Waals surface area contributed by atoms with Crippen LogP contribution in [0.15, 0.2) is 30.3 Å². The van der Waals surface area contributed by atoms with Crippen LogP contribution < -0.4 is 15.2 Å². The highest BCUT2D eigenvalue weighted by molar-refractivity contribution is 5.83. The second kappa shape index (κ2) is 5.01. The molecule has 3 N–H and O–H groups in total. The van der Waals surface area contributed by atoms with Crippen LogP contribution in [0.5, 0.6) is 11.5 Å². The second-order valence-electron chi connectivity index (χ2n) is 4.88. The lowest BCUT2D eigenvalue weighted by Crippen LogP contribution is -1.90. The summed E-state index contributed by atoms with van der Waals surface area (Å²) in [5.41, 5.74) is 10.4. The van der Waals surface area contributed by atoms with Gasteiger partial charge in [0.05, 0.1) is 25.3 Å². The number of ether oxygens (including phenoxy) is 2. The van der Waals surface area contributed by atoms with Gasteiger partial charge in [-0.2, -0.15) is 0 Å². The van der Waals surface area contributed by atoms with Gasteiger partial charge in [-0.15, -0.1) is 0 Å². The Kier molecular flexibility index (Phi) is 3.17. The molecule has 0 saturated carbocycles. The number of fused-ring (bicyclic) bond motifs is 1. The summed E-state index contributed by atoms with van der Waals surface area (Å²) in [5.74, 6) is 2.11. The van der Waals surface area contributed by atoms with E-state index in [-0.39, 0.29) is 0 Å². The van der Waals surface area contributed by atoms with Crippen LogP contribution in [0.25, 0.3) is 22.4 Å². The van der Waals surface area contributed by atoms with Gasteiger partial charge in [-0.25, -0.2) is 4.98 Å². The first-order valence-corrected chi connectivity index (χ1v) is 6.60. The topological polar surface area (TPSA) is 73.2 Å². The molecule has 3 aromatic rings. The van der Waals surface area contributed by atoms with Crippen LogP contribution in [0.3, 0.4) is 0 Å². The molecule has 5 nitrogen and oxygen atoms in total. The Morgan fingerprint density at radius 2 is 1.76 bits per heavy atom. The van der Waals surface area contributed by atoms with Crippen LogP contribution in [0.2, 0.25) is 0 Å². The summed E-state index contributed by atoms with van der Waals surface area (Å²) in [6, 6.07) is 9.52. The van der Waals surface area contributed by atoms with Crippen molar-refractivity contribution in [1.82, 2.24) is 9.97 Å². The highest BCUT2D eigenvalue weighted by atomic mass is 16.5. The highest BCUT2D eigenvalue weighted by Crippen LogP contribution is 2.33. The quantitative estimate of drug-likeness (QED) is 0.724. The number of nitrogen functional groups attached to an aromatic ring is 1. The summed E-state index contributed by atoms with van der Waals surface area (Å²) < 4.78 is 10.6. The molecule has 0 fully saturated rings. The van der Waals surface area contributed by atoms with E-state index in [0.717, 1.165) is 28.0 Å². The Morgan fingerprint density at radius 3 is 2.48 bits per heavy atom. The molecule has 0 aliphatic carbocycles. The van der Waals surface area contributed by atoms with Crippen molar-refractivity contribution in [3.63, 3.8) is 0 Å². The van der Waals surface area contributed by atoms with Crippen LogP contribution in [0.4, 0.5) is 5.69 Å². The first kappa shape index (κ1) is 13.3. The minimum absolute atomic E-state index is 0.660. The van der Waals surface area contributed by atoms with Crippen molar-refractivity contribution in [2.24, 2.45) is 0 Å². The third-order valence-corrected chi connectivity index (χ3v) is 3.50. The molecule has 3 rings (SSSR count). The number of aromatic amines is 1. The van der Waals surface area contributed by atoms with Crippen molar-refractivity contribution < 1.29 is 9.47 Å². The standard InChI is InChI=1S/C16H17N3O2/c1-9-4-5-10(17)6-11(9)16-18-12-7-14(20-2)15(21-3)8-13(12)19-16/h4-8H,17H2,1-3H3,(H,18,19). The highest BCUT2D eigenvalue weighted by Gasteiger charge is 2.12. The summed E-state index contributed by atoms with van der Waals surface area (Å²) >= 11 is 0. The zero-order valence-corrected chi connectivity index (χ0v) is 12.2. The predicted molar refractivity (Wildman–Crippen MR) is 83.8 cm³/mol. The number of H-pyrrole nitrogens is 1. The minimum Gasteiger partial charge on any atom is -0.493 e. The number of rotatable bonds is 3. The molecule has 0 atom stereocenters. The maximum Gasteiger partial charge on any atom is 0.163 e. The Morgan fingerprint density at radius 1 is 1.05 bits per heavy atom. The fourth-order valence-corrected chi connectivity index (χ4v) is 2.36. The summed E-state index contributed by atoms with van der Waals surface area (Å²) in [4.78, 5) is 7.93. The van der Waals surface area contributed by atoms with Crippen molar-refractivity contribution >= 4 is 16.7 Å². The lowest BCUT2D eigenvalue weighted by molar-refractivity contribution is 0.356. The SMILES string of the molecule is COc1cc2nc(-c3cc(N)ccc3C)[nH]c2cc1OC. The number of anilines is 1. The molecule has 2 aromatic carbocycles. The zero-order chi connectivity index (χ0) is 15.0. The van der Waals surface area contributed by atoms with E-state index in [9.17, 15) is 0 Å². The van der Waals surface area contributed by atoms with E-state index in [0.29, 0.717) is 17.2 Å². The molecule has 5 heteroatoms. The van der Waals surface area contributed by atoms with Gasteiger partial charge in [-0.05, 0) is 24.6 Å². The van der Waals surface area contributed by atoms with Gasteiger partial charge in [0.1, 0.15) is 5.82 Å². The third-order valence-electron chi connectivity index (χ3n) is 3.50. The molecular weight excluding hydrogens is 266 g/mol. The Bertz CT molecular complexity index is 768. The van der Waals surface area contributed by atoms with Gasteiger partial charge in [0.15, 0.2) is 11.5 Å². The molecule has 108 valence electrons. The van der Waals surface area contributed by atoms with Gasteiger partial charge in [-0.1, -0.05) is 6.07 Å². The molecule has 0 aliphatic rings. The van der Waals surface area contributed by atoms with Gasteiger partial charge < -0.3 is 20.2 Å². The maximum atomic E-state index is 5.87. The third kappa shape index (κ3) is 2.27. The van der Waals surface area contributed by atoms with Gasteiger partial charge in [0.2, 0.25) is 0 Å². The number of aromatic nitrogens is 2. The van der Waals surface area contributed by atoms with E-state index in [1.165, 1.54) is 0 Å². The monoisotopic (exact) mass is 283 g/mol. The molecule has 0 bridgehead atoms. The van der Waals surface area contributed by atoms with Crippen molar-refractivity contribution in [2.75, 3.05) is 20.0 Å². The summed E-state index contributed by atoms with van der Waals surface area (Å²) in [6.45, 7) is 2.03. The van der Waals surface area contributed by atoms with Crippen LogP contribution in [0, 0.1) is 6.92 Å². The molecule has 0 amide bonds. The molecule has 0 aliphatic heterocycles. The number of methoxy groups -OCH3 is 2. The zero-order valence-electron chi connectivity index (χ0n) is 12.2. The van der Waals surface area contributed by atoms with E-state index in [2.05, 4.69) is 9.97 Å². The number of nitrogens with zero attached hydrogens (tertiary/aromatic N) is 1. The van der Waals surface area contributed by atoms with Gasteiger partial charge in [0.25, 0.3) is 0 Å². The number of hydrogen-bond donors (Lipinski definition) is 2. The largest absolute Gasteiger partial charge is 0.493 e. The van der Waals surface area contributed by atoms with E-state index >= 15 is 0 Å². The van der Waals surface area contributed by atoms with Crippen molar-refractivity contribution in [1.29, 1.82) is 0 Å². The number of imidazole rings is 1. The fourth-order valence-electron chi connectivity index (χ4n) is 2.36. The average Bonchev–Trinajstić information content (AvgIpc) is 2.90. The van der Waals surface area contributed by atoms with Crippen LogP contribution in [-0.2, 0) is 0 Å². The Hall–Kier alpha value is -2.69. The van der Waals surface area contributed by atoms with Gasteiger partial charge in [0, 0.05) is 23.4 Å². The van der Waals surface area contributed by atoms with Crippen molar-refractivity contribution in [2.45, 2.75) is 6.92 Å². The fraction of sp³-hybridized carbons (Fsp3) is 0.188. The Labute approximate surface area is 122 Å². The number of hydrogen-bond acceptors (Lipinski definition) is 4. The maximum absolute atomic E-state index is 5.87. The van der Waals surface area contributed by atoms with Crippen LogP contribution >= 0.6 is 0 Å². The normalized spacial score (nSPS) is 10.8. The molecule has 21 heavy (non-hydrogen) atoms. The number of aryl methyl sites for hydroxylation is 1. The van der Waals surface area contributed by atoms with Crippen LogP contribution in [-0.4, -0.2) is 24.2 Å². The summed E-state index contributed by atoms with van der Waals surface area (Å²) in [5, 5.41) is 0. The van der Waals surface area contributed by atoms with E-state index in [1.807, 2.05) is 37.3 Å². The van der Waals surface area contributed by atoms with E-state index < -0.39 is 0 Å². The molecule has 0 unspecified atom stereocenters. The smallest absolute Gasteiger partial charge is 0.163 e. The molecule has 0 radical (unpaired) electrons.